The number of methoxy groups -OCH3 is 1. The number of likely N-dealkylation sites (N-methyl/N-ethyl adjacent to an activating group) is 1. The number of carbonyl (C=O) groups is 3. The number of anilines is 2. The second-order valence-electron chi connectivity index (χ2n) is 9.67. The highest BCUT2D eigenvalue weighted by Crippen LogP contribution is 2.28. The van der Waals surface area contributed by atoms with Crippen molar-refractivity contribution in [3.05, 3.63) is 83.4 Å². The highest BCUT2D eigenvalue weighted by molar-refractivity contribution is 6.01. The molecule has 0 aromatic heterocycles. The molecule has 40 heavy (non-hydrogen) atoms. The summed E-state index contributed by atoms with van der Waals surface area (Å²) in [5.74, 6) is -0.0522. The van der Waals surface area contributed by atoms with Crippen molar-refractivity contribution in [2.24, 2.45) is 0 Å². The van der Waals surface area contributed by atoms with Gasteiger partial charge in [-0.1, -0.05) is 24.3 Å². The van der Waals surface area contributed by atoms with Crippen molar-refractivity contribution in [3.8, 4) is 11.5 Å². The van der Waals surface area contributed by atoms with E-state index in [1.54, 1.807) is 30.3 Å². The van der Waals surface area contributed by atoms with Crippen LogP contribution in [0.15, 0.2) is 66.7 Å². The first-order valence-electron chi connectivity index (χ1n) is 13.0. The Labute approximate surface area is 233 Å². The van der Waals surface area contributed by atoms with Crippen LogP contribution in [0, 0.1) is 6.92 Å². The van der Waals surface area contributed by atoms with Gasteiger partial charge in [-0.2, -0.15) is 0 Å². The van der Waals surface area contributed by atoms with Gasteiger partial charge >= 0.3 is 12.0 Å². The first-order chi connectivity index (χ1) is 19.3. The van der Waals surface area contributed by atoms with Gasteiger partial charge in [0.05, 0.1) is 30.8 Å². The number of aryl methyl sites for hydroxylation is 1. The number of carbonyl (C=O) groups excluding carboxylic acids is 2. The number of likely N-dealkylation sites (tertiary alicyclic amines) is 1. The molecule has 1 aliphatic rings. The van der Waals surface area contributed by atoms with Gasteiger partial charge in [-0.05, 0) is 74.0 Å². The topological polar surface area (TPSA) is 129 Å². The van der Waals surface area contributed by atoms with Crippen LogP contribution in [0.25, 0.3) is 0 Å². The molecule has 0 spiro atoms. The van der Waals surface area contributed by atoms with E-state index < -0.39 is 12.0 Å². The van der Waals surface area contributed by atoms with Crippen LogP contribution < -0.4 is 25.4 Å². The molecule has 1 aliphatic heterocycles. The van der Waals surface area contributed by atoms with Crippen LogP contribution in [0.1, 0.15) is 27.9 Å². The molecule has 2 atom stereocenters. The third kappa shape index (κ3) is 7.09. The number of hydrogen-bond donors (Lipinski definition) is 4. The van der Waals surface area contributed by atoms with E-state index in [1.807, 2.05) is 43.1 Å². The summed E-state index contributed by atoms with van der Waals surface area (Å²) in [6.45, 7) is 2.76. The van der Waals surface area contributed by atoms with E-state index in [2.05, 4.69) is 16.0 Å². The summed E-state index contributed by atoms with van der Waals surface area (Å²) in [6.07, 6.45) is 0.893. The van der Waals surface area contributed by atoms with E-state index in [1.165, 1.54) is 19.2 Å². The molecule has 210 valence electrons. The second kappa shape index (κ2) is 13.0. The van der Waals surface area contributed by atoms with E-state index in [0.29, 0.717) is 36.0 Å². The largest absolute Gasteiger partial charge is 0.495 e. The predicted molar refractivity (Wildman–Crippen MR) is 152 cm³/mol. The summed E-state index contributed by atoms with van der Waals surface area (Å²) in [5, 5.41) is 18.0. The van der Waals surface area contributed by atoms with Gasteiger partial charge in [0, 0.05) is 18.3 Å². The molecule has 2 unspecified atom stereocenters. The molecule has 1 heterocycles. The molecule has 3 aromatic rings. The molecule has 4 N–H and O–H groups in total. The zero-order chi connectivity index (χ0) is 28.6. The average Bonchev–Trinajstić information content (AvgIpc) is 3.38. The van der Waals surface area contributed by atoms with Crippen LogP contribution in [0.5, 0.6) is 11.5 Å². The Kier molecular flexibility index (Phi) is 9.23. The fourth-order valence-electron chi connectivity index (χ4n) is 4.69. The summed E-state index contributed by atoms with van der Waals surface area (Å²) in [6, 6.07) is 18.6. The number of carboxylic acids is 1. The van der Waals surface area contributed by atoms with Crippen LogP contribution in [0.4, 0.5) is 16.2 Å². The van der Waals surface area contributed by atoms with Crippen LogP contribution in [0.2, 0.25) is 0 Å². The minimum absolute atomic E-state index is 0.0485. The Morgan fingerprint density at radius 1 is 1.00 bits per heavy atom. The summed E-state index contributed by atoms with van der Waals surface area (Å²) >= 11 is 0. The van der Waals surface area contributed by atoms with Crippen LogP contribution in [0.3, 0.4) is 0 Å². The van der Waals surface area contributed by atoms with Gasteiger partial charge in [0.15, 0.2) is 0 Å². The molecule has 0 radical (unpaired) electrons. The van der Waals surface area contributed by atoms with E-state index in [4.69, 9.17) is 14.6 Å². The van der Waals surface area contributed by atoms with Crippen molar-refractivity contribution in [2.45, 2.75) is 31.8 Å². The average molecular weight is 547 g/mol. The van der Waals surface area contributed by atoms with Crippen molar-refractivity contribution < 1.29 is 29.0 Å². The zero-order valence-corrected chi connectivity index (χ0v) is 22.8. The molecule has 1 fully saturated rings. The van der Waals surface area contributed by atoms with E-state index in [-0.39, 0.29) is 30.0 Å². The predicted octanol–water partition coefficient (Wildman–Crippen LogP) is 4.16. The Morgan fingerprint density at radius 2 is 1.73 bits per heavy atom. The number of hydrogen-bond acceptors (Lipinski definition) is 6. The lowest BCUT2D eigenvalue weighted by Gasteiger charge is -2.25. The van der Waals surface area contributed by atoms with Gasteiger partial charge < -0.3 is 35.4 Å². The molecule has 0 aliphatic carbocycles. The molecule has 4 rings (SSSR count). The van der Waals surface area contributed by atoms with Gasteiger partial charge in [0.2, 0.25) is 5.91 Å². The van der Waals surface area contributed by atoms with Gasteiger partial charge in [-0.15, -0.1) is 0 Å². The smallest absolute Gasteiger partial charge is 0.335 e. The number of amides is 3. The molecule has 3 aromatic carbocycles. The number of carboxylic acid groups (broad SMARTS) is 1. The lowest BCUT2D eigenvalue weighted by atomic mass is 10.1. The van der Waals surface area contributed by atoms with Crippen LogP contribution >= 0.6 is 0 Å². The Morgan fingerprint density at radius 3 is 2.40 bits per heavy atom. The Bertz CT molecular complexity index is 1360. The number of aromatic carboxylic acids is 1. The minimum Gasteiger partial charge on any atom is -0.495 e. The maximum absolute atomic E-state index is 13.4. The highest BCUT2D eigenvalue weighted by atomic mass is 16.5. The van der Waals surface area contributed by atoms with Gasteiger partial charge in [0.1, 0.15) is 18.1 Å². The maximum Gasteiger partial charge on any atom is 0.335 e. The van der Waals surface area contributed by atoms with Crippen molar-refractivity contribution in [2.75, 3.05) is 37.9 Å². The maximum atomic E-state index is 13.4. The number of para-hydroxylation sites is 1. The van der Waals surface area contributed by atoms with Crippen LogP contribution in [-0.4, -0.2) is 67.3 Å². The molecule has 1 saturated heterocycles. The monoisotopic (exact) mass is 546 g/mol. The summed E-state index contributed by atoms with van der Waals surface area (Å²) < 4.78 is 11.4. The summed E-state index contributed by atoms with van der Waals surface area (Å²) in [4.78, 5) is 38.8. The fourth-order valence-corrected chi connectivity index (χ4v) is 4.69. The highest BCUT2D eigenvalue weighted by Gasteiger charge is 2.35. The number of nitrogens with one attached hydrogen (secondary N) is 3. The fraction of sp³-hybridized carbons (Fsp3) is 0.300. The molecular weight excluding hydrogens is 512 g/mol. The van der Waals surface area contributed by atoms with Crippen LogP contribution in [-0.2, 0) is 11.2 Å². The number of nitrogens with zero attached hydrogens (tertiary/aromatic N) is 1. The molecule has 0 saturated carbocycles. The molecule has 3 amide bonds. The summed E-state index contributed by atoms with van der Waals surface area (Å²) in [5.41, 5.74) is 3.08. The Hall–Kier alpha value is -4.57. The van der Waals surface area contributed by atoms with Crippen molar-refractivity contribution >= 4 is 29.3 Å². The SMILES string of the molecule is CNC1CC(COc2ccc(C(=O)O)cc2)N(C(=O)Cc2ccc(NC(=O)Nc3ccccc3C)c(OC)c2)C1. The normalized spacial score (nSPS) is 16.3. The standard InChI is InChI=1S/C30H34N4O6/c1-19-6-4-5-7-25(19)32-30(38)33-26-13-8-20(14-27(26)39-3)15-28(35)34-17-22(31-2)16-23(34)18-40-24-11-9-21(10-12-24)29(36)37/h4-14,22-23,31H,15-18H2,1-3H3,(H,36,37)(H2,32,33,38). The first kappa shape index (κ1) is 28.4. The van der Waals surface area contributed by atoms with Gasteiger partial charge in [-0.3, -0.25) is 4.79 Å². The molecule has 0 bridgehead atoms. The van der Waals surface area contributed by atoms with Crippen molar-refractivity contribution in [1.29, 1.82) is 0 Å². The number of ether oxygens (including phenoxy) is 2. The summed E-state index contributed by atoms with van der Waals surface area (Å²) in [7, 11) is 3.38. The lowest BCUT2D eigenvalue weighted by molar-refractivity contribution is -0.131. The van der Waals surface area contributed by atoms with E-state index >= 15 is 0 Å². The van der Waals surface area contributed by atoms with E-state index in [9.17, 15) is 14.4 Å². The van der Waals surface area contributed by atoms with Gasteiger partial charge in [-0.25, -0.2) is 9.59 Å². The molecule has 10 heteroatoms. The van der Waals surface area contributed by atoms with Crippen molar-refractivity contribution in [3.63, 3.8) is 0 Å². The van der Waals surface area contributed by atoms with Gasteiger partial charge in [0.25, 0.3) is 0 Å². The molecular formula is C30H34N4O6. The lowest BCUT2D eigenvalue weighted by Crippen LogP contribution is -2.40. The number of benzene rings is 3. The third-order valence-corrected chi connectivity index (χ3v) is 6.95. The quantitative estimate of drug-likeness (QED) is 0.301. The van der Waals surface area contributed by atoms with E-state index in [0.717, 1.165) is 17.5 Å². The minimum atomic E-state index is -0.998. The third-order valence-electron chi connectivity index (χ3n) is 6.95. The first-order valence-corrected chi connectivity index (χ1v) is 13.0. The second-order valence-corrected chi connectivity index (χ2v) is 9.67. The Balaban J connectivity index is 1.39. The number of rotatable bonds is 10. The zero-order valence-electron chi connectivity index (χ0n) is 22.8. The molecule has 10 nitrogen and oxygen atoms in total. The van der Waals surface area contributed by atoms with Crippen molar-refractivity contribution in [1.82, 2.24) is 10.2 Å². The number of urea groups is 1.